The Morgan fingerprint density at radius 3 is 2.88 bits per heavy atom. The van der Waals surface area contributed by atoms with Crippen LogP contribution in [0.15, 0.2) is 36.5 Å². The van der Waals surface area contributed by atoms with Crippen molar-refractivity contribution in [3.63, 3.8) is 0 Å². The first-order valence-corrected chi connectivity index (χ1v) is 5.54. The van der Waals surface area contributed by atoms with Crippen LogP contribution in [0.5, 0.6) is 5.75 Å². The van der Waals surface area contributed by atoms with E-state index in [4.69, 9.17) is 4.74 Å². The zero-order valence-electron chi connectivity index (χ0n) is 10.00. The summed E-state index contributed by atoms with van der Waals surface area (Å²) in [5.41, 5.74) is 1.73. The van der Waals surface area contributed by atoms with Gasteiger partial charge in [-0.05, 0) is 30.7 Å². The lowest BCUT2D eigenvalue weighted by molar-refractivity contribution is 0.198. The monoisotopic (exact) mass is 232 g/mol. The van der Waals surface area contributed by atoms with Crippen molar-refractivity contribution in [3.8, 4) is 5.75 Å². The van der Waals surface area contributed by atoms with Crippen LogP contribution in [-0.2, 0) is 13.7 Å². The highest BCUT2D eigenvalue weighted by Crippen LogP contribution is 2.19. The van der Waals surface area contributed by atoms with Crippen LogP contribution in [0, 0.1) is 0 Å². The van der Waals surface area contributed by atoms with Gasteiger partial charge < -0.3 is 9.84 Å². The molecule has 0 radical (unpaired) electrons. The minimum absolute atomic E-state index is 0.435. The van der Waals surface area contributed by atoms with Crippen LogP contribution in [0.1, 0.15) is 24.3 Å². The molecule has 0 aliphatic carbocycles. The summed E-state index contributed by atoms with van der Waals surface area (Å²) in [5, 5.41) is 13.7. The SMILES string of the molecule is C[C@@H](O)c1cccc(OCc2ccn(C)n2)c1. The minimum Gasteiger partial charge on any atom is -0.487 e. The number of ether oxygens (including phenoxy) is 1. The Hall–Kier alpha value is -1.81. The van der Waals surface area contributed by atoms with Gasteiger partial charge in [0.05, 0.1) is 11.8 Å². The molecule has 0 spiro atoms. The molecule has 1 N–H and O–H groups in total. The van der Waals surface area contributed by atoms with Gasteiger partial charge in [-0.2, -0.15) is 5.10 Å². The molecule has 4 heteroatoms. The number of hydrogen-bond acceptors (Lipinski definition) is 3. The molecule has 0 saturated heterocycles. The maximum Gasteiger partial charge on any atom is 0.132 e. The van der Waals surface area contributed by atoms with Crippen molar-refractivity contribution in [1.82, 2.24) is 9.78 Å². The van der Waals surface area contributed by atoms with E-state index >= 15 is 0 Å². The second-order valence-electron chi connectivity index (χ2n) is 4.02. The number of aliphatic hydroxyl groups excluding tert-OH is 1. The molecule has 1 aromatic heterocycles. The van der Waals surface area contributed by atoms with E-state index < -0.39 is 6.10 Å². The van der Waals surface area contributed by atoms with Gasteiger partial charge in [-0.3, -0.25) is 4.68 Å². The number of aromatic nitrogens is 2. The predicted octanol–water partition coefficient (Wildman–Crippen LogP) is 2.05. The Morgan fingerprint density at radius 1 is 1.41 bits per heavy atom. The van der Waals surface area contributed by atoms with Crippen LogP contribution in [-0.4, -0.2) is 14.9 Å². The molecule has 0 aliphatic rings. The molecule has 0 fully saturated rings. The number of rotatable bonds is 4. The molecule has 2 aromatic rings. The molecule has 0 saturated carbocycles. The van der Waals surface area contributed by atoms with Crippen molar-refractivity contribution in [1.29, 1.82) is 0 Å². The van der Waals surface area contributed by atoms with Crippen molar-refractivity contribution in [2.75, 3.05) is 0 Å². The Bertz CT molecular complexity index is 492. The minimum atomic E-state index is -0.478. The average molecular weight is 232 g/mol. The van der Waals surface area contributed by atoms with Gasteiger partial charge in [0.15, 0.2) is 0 Å². The van der Waals surface area contributed by atoms with Crippen molar-refractivity contribution < 1.29 is 9.84 Å². The van der Waals surface area contributed by atoms with Crippen molar-refractivity contribution in [3.05, 3.63) is 47.8 Å². The number of nitrogens with zero attached hydrogens (tertiary/aromatic N) is 2. The summed E-state index contributed by atoms with van der Waals surface area (Å²) in [6.07, 6.45) is 1.40. The van der Waals surface area contributed by atoms with E-state index in [0.717, 1.165) is 17.0 Å². The third-order valence-electron chi connectivity index (χ3n) is 2.50. The molecule has 0 bridgehead atoms. The fourth-order valence-electron chi connectivity index (χ4n) is 1.56. The van der Waals surface area contributed by atoms with E-state index in [-0.39, 0.29) is 0 Å². The van der Waals surface area contributed by atoms with E-state index in [0.29, 0.717) is 6.61 Å². The third-order valence-corrected chi connectivity index (χ3v) is 2.50. The highest BCUT2D eigenvalue weighted by molar-refractivity contribution is 5.29. The summed E-state index contributed by atoms with van der Waals surface area (Å²) in [6.45, 7) is 2.17. The van der Waals surface area contributed by atoms with E-state index in [1.165, 1.54) is 0 Å². The summed E-state index contributed by atoms with van der Waals surface area (Å²) >= 11 is 0. The first-order valence-electron chi connectivity index (χ1n) is 5.54. The van der Waals surface area contributed by atoms with Crippen molar-refractivity contribution >= 4 is 0 Å². The zero-order chi connectivity index (χ0) is 12.3. The standard InChI is InChI=1S/C13H16N2O2/c1-10(16)11-4-3-5-13(8-11)17-9-12-6-7-15(2)14-12/h3-8,10,16H,9H2,1-2H3/t10-/m1/s1. The lowest BCUT2D eigenvalue weighted by Gasteiger charge is -2.08. The molecule has 90 valence electrons. The fraction of sp³-hybridized carbons (Fsp3) is 0.308. The summed E-state index contributed by atoms with van der Waals surface area (Å²) in [4.78, 5) is 0. The van der Waals surface area contributed by atoms with Crippen molar-refractivity contribution in [2.24, 2.45) is 7.05 Å². The molecule has 2 rings (SSSR count). The Morgan fingerprint density at radius 2 is 2.24 bits per heavy atom. The second-order valence-corrected chi connectivity index (χ2v) is 4.02. The first-order chi connectivity index (χ1) is 8.15. The van der Waals surface area contributed by atoms with Crippen LogP contribution < -0.4 is 4.74 Å². The lowest BCUT2D eigenvalue weighted by Crippen LogP contribution is -1.99. The molecule has 4 nitrogen and oxygen atoms in total. The topological polar surface area (TPSA) is 47.3 Å². The zero-order valence-corrected chi connectivity index (χ0v) is 10.00. The van der Waals surface area contributed by atoms with Gasteiger partial charge in [-0.25, -0.2) is 0 Å². The fourth-order valence-corrected chi connectivity index (χ4v) is 1.56. The quantitative estimate of drug-likeness (QED) is 0.877. The molecule has 17 heavy (non-hydrogen) atoms. The number of aryl methyl sites for hydroxylation is 1. The molecule has 1 atom stereocenters. The van der Waals surface area contributed by atoms with Gasteiger partial charge in [-0.1, -0.05) is 12.1 Å². The Kier molecular flexibility index (Phi) is 3.44. The number of benzene rings is 1. The molecule has 0 aliphatic heterocycles. The van der Waals surface area contributed by atoms with Gasteiger partial charge >= 0.3 is 0 Å². The predicted molar refractivity (Wildman–Crippen MR) is 64.6 cm³/mol. The highest BCUT2D eigenvalue weighted by Gasteiger charge is 2.03. The maximum atomic E-state index is 9.47. The smallest absolute Gasteiger partial charge is 0.132 e. The molecule has 0 unspecified atom stereocenters. The summed E-state index contributed by atoms with van der Waals surface area (Å²) in [5.74, 6) is 0.744. The number of hydrogen-bond donors (Lipinski definition) is 1. The van der Waals surface area contributed by atoms with Crippen LogP contribution in [0.4, 0.5) is 0 Å². The largest absolute Gasteiger partial charge is 0.487 e. The van der Waals surface area contributed by atoms with Gasteiger partial charge in [0.2, 0.25) is 0 Å². The Balaban J connectivity index is 2.01. The van der Waals surface area contributed by atoms with E-state index in [1.807, 2.05) is 43.6 Å². The van der Waals surface area contributed by atoms with E-state index in [2.05, 4.69) is 5.10 Å². The molecule has 1 aromatic carbocycles. The highest BCUT2D eigenvalue weighted by atomic mass is 16.5. The first kappa shape index (κ1) is 11.7. The maximum absolute atomic E-state index is 9.47. The third kappa shape index (κ3) is 3.07. The van der Waals surface area contributed by atoms with Crippen LogP contribution in [0.2, 0.25) is 0 Å². The molecular formula is C13H16N2O2. The molecule has 0 amide bonds. The van der Waals surface area contributed by atoms with Gasteiger partial charge in [0, 0.05) is 13.2 Å². The van der Waals surface area contributed by atoms with Gasteiger partial charge in [0.1, 0.15) is 12.4 Å². The molecule has 1 heterocycles. The summed E-state index contributed by atoms with van der Waals surface area (Å²) in [6, 6.07) is 9.37. The van der Waals surface area contributed by atoms with Crippen molar-refractivity contribution in [2.45, 2.75) is 19.6 Å². The summed E-state index contributed by atoms with van der Waals surface area (Å²) in [7, 11) is 1.87. The molecular weight excluding hydrogens is 216 g/mol. The normalized spacial score (nSPS) is 12.4. The Labute approximate surface area is 100 Å². The average Bonchev–Trinajstić information content (AvgIpc) is 2.73. The van der Waals surface area contributed by atoms with Crippen LogP contribution in [0.25, 0.3) is 0 Å². The lowest BCUT2D eigenvalue weighted by atomic mass is 10.1. The van der Waals surface area contributed by atoms with Crippen LogP contribution >= 0.6 is 0 Å². The van der Waals surface area contributed by atoms with Crippen LogP contribution in [0.3, 0.4) is 0 Å². The summed E-state index contributed by atoms with van der Waals surface area (Å²) < 4.78 is 7.35. The van der Waals surface area contributed by atoms with Gasteiger partial charge in [-0.15, -0.1) is 0 Å². The van der Waals surface area contributed by atoms with Gasteiger partial charge in [0.25, 0.3) is 0 Å². The van der Waals surface area contributed by atoms with E-state index in [9.17, 15) is 5.11 Å². The second kappa shape index (κ2) is 5.01. The number of aliphatic hydroxyl groups is 1. The van der Waals surface area contributed by atoms with E-state index in [1.54, 1.807) is 11.6 Å².